The van der Waals surface area contributed by atoms with Gasteiger partial charge in [0.15, 0.2) is 0 Å². The monoisotopic (exact) mass is 713 g/mol. The van der Waals surface area contributed by atoms with Gasteiger partial charge in [0.1, 0.15) is 40.8 Å². The normalized spacial score (nSPS) is 22.1. The summed E-state index contributed by atoms with van der Waals surface area (Å²) in [5, 5.41) is 15.4. The first-order valence-electron chi connectivity index (χ1n) is 17.2. The van der Waals surface area contributed by atoms with Crippen molar-refractivity contribution >= 4 is 47.1 Å². The standard InChI is InChI=1S/C39H47N5O8/c1-9-24-21-39(24,35(47)48)43-32(45)30-20-26(22-44(30)34(46)31(37(2,3)4)42-36(49)52-38(5,6)7)51-33-29(40-27-12-10-11-13-28(27)41-33)19-16-23-14-17-25(50-8)18-15-23/h9-19,24,26,30-31H,1,20-22H2,2-8H3,(H,42,49)(H,43,45)(H,47,48)/b19-16+/t24-,26-,30+,31-,39?/m1/s1. The first-order valence-corrected chi connectivity index (χ1v) is 17.2. The van der Waals surface area contributed by atoms with E-state index in [-0.39, 0.29) is 25.3 Å². The molecule has 1 aliphatic heterocycles. The van der Waals surface area contributed by atoms with E-state index in [1.165, 1.54) is 11.0 Å². The van der Waals surface area contributed by atoms with Crippen LogP contribution in [-0.4, -0.2) is 86.8 Å². The first kappa shape index (κ1) is 37.8. The number of para-hydroxylation sites is 2. The van der Waals surface area contributed by atoms with Gasteiger partial charge in [-0.05, 0) is 68.5 Å². The van der Waals surface area contributed by atoms with E-state index in [9.17, 15) is 24.3 Å². The van der Waals surface area contributed by atoms with Crippen molar-refractivity contribution in [3.05, 3.63) is 72.4 Å². The highest BCUT2D eigenvalue weighted by molar-refractivity contribution is 5.96. The lowest BCUT2D eigenvalue weighted by Gasteiger charge is -2.35. The summed E-state index contributed by atoms with van der Waals surface area (Å²) in [4.78, 5) is 64.5. The number of hydrogen-bond donors (Lipinski definition) is 3. The van der Waals surface area contributed by atoms with Gasteiger partial charge in [0.05, 0.1) is 24.7 Å². The van der Waals surface area contributed by atoms with Gasteiger partial charge in [-0.2, -0.15) is 0 Å². The van der Waals surface area contributed by atoms with Crippen molar-refractivity contribution in [3.63, 3.8) is 0 Å². The lowest BCUT2D eigenvalue weighted by molar-refractivity contribution is -0.146. The van der Waals surface area contributed by atoms with Crippen LogP contribution in [0.5, 0.6) is 11.6 Å². The highest BCUT2D eigenvalue weighted by atomic mass is 16.6. The van der Waals surface area contributed by atoms with Crippen LogP contribution in [0.4, 0.5) is 4.79 Å². The third kappa shape index (κ3) is 8.52. The van der Waals surface area contributed by atoms with Crippen LogP contribution in [0.15, 0.2) is 61.2 Å². The van der Waals surface area contributed by atoms with Gasteiger partial charge in [-0.25, -0.2) is 19.6 Å². The number of nitrogens with one attached hydrogen (secondary N) is 2. The molecule has 276 valence electrons. The second-order valence-electron chi connectivity index (χ2n) is 15.2. The summed E-state index contributed by atoms with van der Waals surface area (Å²) >= 11 is 0. The fraction of sp³-hybridized carbons (Fsp3) is 0.436. The van der Waals surface area contributed by atoms with Crippen LogP contribution in [-0.2, 0) is 19.1 Å². The number of likely N-dealkylation sites (tertiary alicyclic amines) is 1. The Kier molecular flexibility index (Phi) is 10.6. The van der Waals surface area contributed by atoms with E-state index in [2.05, 4.69) is 17.2 Å². The van der Waals surface area contributed by atoms with E-state index in [1.807, 2.05) is 48.5 Å². The first-order chi connectivity index (χ1) is 24.4. The summed E-state index contributed by atoms with van der Waals surface area (Å²) < 4.78 is 17.2. The van der Waals surface area contributed by atoms with E-state index in [0.717, 1.165) is 11.3 Å². The molecule has 5 atom stereocenters. The Balaban J connectivity index is 1.48. The highest BCUT2D eigenvalue weighted by Gasteiger charge is 2.61. The summed E-state index contributed by atoms with van der Waals surface area (Å²) in [6.45, 7) is 14.2. The number of methoxy groups -OCH3 is 1. The molecule has 1 saturated heterocycles. The summed E-state index contributed by atoms with van der Waals surface area (Å²) in [5.41, 5.74) is -0.601. The van der Waals surface area contributed by atoms with Crippen LogP contribution in [0.2, 0.25) is 0 Å². The second kappa shape index (κ2) is 14.6. The number of carboxylic acid groups (broad SMARTS) is 1. The lowest BCUT2D eigenvalue weighted by Crippen LogP contribution is -2.59. The molecule has 1 aromatic heterocycles. The largest absolute Gasteiger partial charge is 0.497 e. The minimum atomic E-state index is -1.52. The number of benzene rings is 2. The van der Waals surface area contributed by atoms with Crippen LogP contribution in [0.1, 0.15) is 65.6 Å². The van der Waals surface area contributed by atoms with E-state index in [1.54, 1.807) is 60.8 Å². The van der Waals surface area contributed by atoms with Crippen LogP contribution in [0.25, 0.3) is 23.2 Å². The molecular formula is C39H47N5O8. The topological polar surface area (TPSA) is 169 Å². The predicted octanol–water partition coefficient (Wildman–Crippen LogP) is 5.24. The number of rotatable bonds is 11. The number of aliphatic carboxylic acids is 1. The molecule has 1 saturated carbocycles. The van der Waals surface area contributed by atoms with Gasteiger partial charge in [0.25, 0.3) is 0 Å². The number of carboxylic acids is 1. The molecule has 1 unspecified atom stereocenters. The van der Waals surface area contributed by atoms with E-state index in [4.69, 9.17) is 24.2 Å². The molecular weight excluding hydrogens is 666 g/mol. The lowest BCUT2D eigenvalue weighted by atomic mass is 9.85. The second-order valence-corrected chi connectivity index (χ2v) is 15.2. The molecule has 0 radical (unpaired) electrons. The Labute approximate surface area is 303 Å². The van der Waals surface area contributed by atoms with Gasteiger partial charge < -0.3 is 34.9 Å². The molecule has 0 spiro atoms. The zero-order valence-electron chi connectivity index (χ0n) is 30.6. The molecule has 5 rings (SSSR count). The fourth-order valence-corrected chi connectivity index (χ4v) is 6.17. The van der Waals surface area contributed by atoms with Crippen LogP contribution < -0.4 is 20.1 Å². The number of amides is 3. The third-order valence-corrected chi connectivity index (χ3v) is 9.04. The predicted molar refractivity (Wildman–Crippen MR) is 195 cm³/mol. The van der Waals surface area contributed by atoms with Gasteiger partial charge in [-0.15, -0.1) is 6.58 Å². The van der Waals surface area contributed by atoms with Crippen LogP contribution in [0, 0.1) is 11.3 Å². The van der Waals surface area contributed by atoms with Gasteiger partial charge in [-0.3, -0.25) is 9.59 Å². The van der Waals surface area contributed by atoms with E-state index in [0.29, 0.717) is 16.7 Å². The van der Waals surface area contributed by atoms with Crippen molar-refractivity contribution in [2.75, 3.05) is 13.7 Å². The Morgan fingerprint density at radius 1 is 1.00 bits per heavy atom. The Morgan fingerprint density at radius 2 is 1.65 bits per heavy atom. The Bertz CT molecular complexity index is 1880. The van der Waals surface area contributed by atoms with Crippen molar-refractivity contribution in [3.8, 4) is 11.6 Å². The van der Waals surface area contributed by atoms with Gasteiger partial charge in [0, 0.05) is 12.3 Å². The number of ether oxygens (including phenoxy) is 3. The molecule has 2 aliphatic rings. The molecule has 13 nitrogen and oxygen atoms in total. The quantitative estimate of drug-likeness (QED) is 0.224. The molecule has 3 N–H and O–H groups in total. The number of nitrogens with zero attached hydrogens (tertiary/aromatic N) is 3. The number of carbonyl (C=O) groups is 4. The molecule has 3 aromatic rings. The molecule has 1 aliphatic carbocycles. The average molecular weight is 714 g/mol. The van der Waals surface area contributed by atoms with Gasteiger partial charge >= 0.3 is 12.1 Å². The third-order valence-electron chi connectivity index (χ3n) is 9.04. The van der Waals surface area contributed by atoms with E-state index < -0.39 is 64.5 Å². The zero-order chi connectivity index (χ0) is 38.0. The van der Waals surface area contributed by atoms with Crippen molar-refractivity contribution in [2.45, 2.75) is 83.7 Å². The zero-order valence-corrected chi connectivity index (χ0v) is 30.6. The maximum atomic E-state index is 14.4. The van der Waals surface area contributed by atoms with Gasteiger partial charge in [-0.1, -0.05) is 57.2 Å². The highest BCUT2D eigenvalue weighted by Crippen LogP contribution is 2.45. The van der Waals surface area contributed by atoms with Crippen molar-refractivity contribution in [1.82, 2.24) is 25.5 Å². The van der Waals surface area contributed by atoms with Crippen molar-refractivity contribution < 1.29 is 38.5 Å². The molecule has 0 bridgehead atoms. The summed E-state index contributed by atoms with van der Waals surface area (Å²) in [5.74, 6) is -1.94. The number of carbonyl (C=O) groups excluding carboxylic acids is 3. The summed E-state index contributed by atoms with van der Waals surface area (Å²) in [7, 11) is 1.60. The maximum absolute atomic E-state index is 14.4. The van der Waals surface area contributed by atoms with Crippen LogP contribution >= 0.6 is 0 Å². The van der Waals surface area contributed by atoms with Crippen molar-refractivity contribution in [2.24, 2.45) is 11.3 Å². The summed E-state index contributed by atoms with van der Waals surface area (Å²) in [6.07, 6.45) is 3.80. The fourth-order valence-electron chi connectivity index (χ4n) is 6.17. The van der Waals surface area contributed by atoms with Gasteiger partial charge in [0.2, 0.25) is 17.7 Å². The number of hydrogen-bond acceptors (Lipinski definition) is 9. The molecule has 52 heavy (non-hydrogen) atoms. The molecule has 2 aromatic carbocycles. The minimum absolute atomic E-state index is 0.0193. The molecule has 13 heteroatoms. The number of fused-ring (bicyclic) bond motifs is 1. The van der Waals surface area contributed by atoms with E-state index >= 15 is 0 Å². The minimum Gasteiger partial charge on any atom is -0.497 e. The number of aromatic nitrogens is 2. The SMILES string of the molecule is C=C[C@@H]1CC1(NC(=O)[C@@H]1C[C@@H](Oc2nc3ccccc3nc2/C=C/c2ccc(OC)cc2)CN1C(=O)[C@@H](NC(=O)OC(C)(C)C)C(C)(C)C)C(=O)O. The summed E-state index contributed by atoms with van der Waals surface area (Å²) in [6, 6.07) is 12.6. The maximum Gasteiger partial charge on any atom is 0.408 e. The molecule has 2 fully saturated rings. The van der Waals surface area contributed by atoms with Crippen molar-refractivity contribution in [1.29, 1.82) is 0 Å². The average Bonchev–Trinajstić information content (AvgIpc) is 3.64. The smallest absolute Gasteiger partial charge is 0.408 e. The number of alkyl carbamates (subject to hydrolysis) is 1. The Hall–Kier alpha value is -5.46. The molecule has 3 amide bonds. The Morgan fingerprint density at radius 3 is 2.21 bits per heavy atom. The van der Waals surface area contributed by atoms with Crippen LogP contribution in [0.3, 0.4) is 0 Å². The molecule has 2 heterocycles.